The maximum absolute atomic E-state index is 4.47. The molecule has 1 aliphatic rings. The summed E-state index contributed by atoms with van der Waals surface area (Å²) in [6.45, 7) is 13.9. The first-order valence-electron chi connectivity index (χ1n) is 7.46. The van der Waals surface area contributed by atoms with Gasteiger partial charge in [-0.15, -0.1) is 0 Å². The van der Waals surface area contributed by atoms with E-state index in [0.717, 1.165) is 31.7 Å². The highest BCUT2D eigenvalue weighted by Crippen LogP contribution is 2.24. The molecule has 0 fully saturated rings. The van der Waals surface area contributed by atoms with E-state index < -0.39 is 0 Å². The average Bonchev–Trinajstić information content (AvgIpc) is 2.37. The van der Waals surface area contributed by atoms with Gasteiger partial charge in [-0.25, -0.2) is 0 Å². The van der Waals surface area contributed by atoms with E-state index in [1.807, 2.05) is 6.20 Å². The zero-order chi connectivity index (χ0) is 14.8. The summed E-state index contributed by atoms with van der Waals surface area (Å²) in [5.41, 5.74) is 5.34. The Bertz CT molecular complexity index is 497. The lowest BCUT2D eigenvalue weighted by molar-refractivity contribution is 0.424. The van der Waals surface area contributed by atoms with E-state index in [1.54, 1.807) is 0 Å². The Kier molecular flexibility index (Phi) is 4.48. The van der Waals surface area contributed by atoms with Gasteiger partial charge in [0.2, 0.25) is 0 Å². The minimum absolute atomic E-state index is 0.126. The van der Waals surface area contributed by atoms with E-state index in [9.17, 15) is 0 Å². The second-order valence-electron chi connectivity index (χ2n) is 6.80. The summed E-state index contributed by atoms with van der Waals surface area (Å²) in [7, 11) is 0. The van der Waals surface area contributed by atoms with Crippen LogP contribution in [0.25, 0.3) is 0 Å². The zero-order valence-electron chi connectivity index (χ0n) is 13.5. The van der Waals surface area contributed by atoms with Crippen molar-refractivity contribution in [1.82, 2.24) is 10.3 Å². The molecule has 3 nitrogen and oxygen atoms in total. The molecule has 0 saturated carbocycles. The average molecular weight is 273 g/mol. The minimum Gasteiger partial charge on any atom is -0.367 e. The Balaban J connectivity index is 2.20. The fourth-order valence-electron chi connectivity index (χ4n) is 2.35. The molecule has 20 heavy (non-hydrogen) atoms. The molecule has 110 valence electrons. The molecular weight excluding hydrogens is 246 g/mol. The summed E-state index contributed by atoms with van der Waals surface area (Å²) >= 11 is 0. The van der Waals surface area contributed by atoms with Crippen molar-refractivity contribution in [1.29, 1.82) is 0 Å². The number of aromatic nitrogens is 1. The molecule has 2 heterocycles. The van der Waals surface area contributed by atoms with Crippen LogP contribution >= 0.6 is 0 Å². The summed E-state index contributed by atoms with van der Waals surface area (Å²) in [4.78, 5) is 6.93. The number of nitrogens with zero attached hydrogens (tertiary/aromatic N) is 2. The van der Waals surface area contributed by atoms with Gasteiger partial charge in [-0.2, -0.15) is 0 Å². The van der Waals surface area contributed by atoms with Crippen LogP contribution < -0.4 is 10.2 Å². The highest BCUT2D eigenvalue weighted by atomic mass is 15.1. The smallest absolute Gasteiger partial charge is 0.0448 e. The van der Waals surface area contributed by atoms with Crippen LogP contribution in [-0.4, -0.2) is 23.6 Å². The molecule has 0 spiro atoms. The highest BCUT2D eigenvalue weighted by molar-refractivity contribution is 5.55. The fraction of sp³-hybridized carbons (Fsp3) is 0.588. The van der Waals surface area contributed by atoms with Crippen LogP contribution in [0.3, 0.4) is 0 Å². The molecule has 0 aromatic carbocycles. The quantitative estimate of drug-likeness (QED) is 0.855. The van der Waals surface area contributed by atoms with Crippen molar-refractivity contribution in [2.45, 2.75) is 53.1 Å². The monoisotopic (exact) mass is 273 g/mol. The Morgan fingerprint density at radius 3 is 2.65 bits per heavy atom. The largest absolute Gasteiger partial charge is 0.367 e. The molecular formula is C17H27N3. The molecule has 0 bridgehead atoms. The van der Waals surface area contributed by atoms with Crippen LogP contribution in [0.15, 0.2) is 23.9 Å². The first-order chi connectivity index (χ1) is 9.35. The molecule has 0 radical (unpaired) electrons. The number of pyridine rings is 1. The Morgan fingerprint density at radius 1 is 1.30 bits per heavy atom. The van der Waals surface area contributed by atoms with Crippen molar-refractivity contribution in [3.05, 3.63) is 35.2 Å². The van der Waals surface area contributed by atoms with Gasteiger partial charge >= 0.3 is 0 Å². The third-order valence-electron chi connectivity index (χ3n) is 3.68. The molecule has 0 aliphatic carbocycles. The third kappa shape index (κ3) is 4.07. The molecule has 1 aromatic heterocycles. The maximum atomic E-state index is 4.47. The molecule has 1 N–H and O–H groups in total. The second kappa shape index (κ2) is 5.96. The van der Waals surface area contributed by atoms with E-state index in [2.05, 4.69) is 62.0 Å². The van der Waals surface area contributed by atoms with E-state index in [0.29, 0.717) is 0 Å². The van der Waals surface area contributed by atoms with Crippen LogP contribution in [0.2, 0.25) is 0 Å². The SMILES string of the molecule is CC1=CCN(c2cc(C)ncc2CNC(C)(C)C)CC1. The molecule has 0 unspecified atom stereocenters. The highest BCUT2D eigenvalue weighted by Gasteiger charge is 2.16. The van der Waals surface area contributed by atoms with E-state index in [-0.39, 0.29) is 5.54 Å². The summed E-state index contributed by atoms with van der Waals surface area (Å²) in [6.07, 6.45) is 5.52. The molecule has 1 aliphatic heterocycles. The van der Waals surface area contributed by atoms with Crippen LogP contribution in [0.1, 0.15) is 45.4 Å². The lowest BCUT2D eigenvalue weighted by atomic mass is 10.1. The number of rotatable bonds is 3. The van der Waals surface area contributed by atoms with Gasteiger partial charge in [0, 0.05) is 48.3 Å². The Hall–Kier alpha value is -1.35. The van der Waals surface area contributed by atoms with Crippen LogP contribution in [0.5, 0.6) is 0 Å². The number of aryl methyl sites for hydroxylation is 1. The van der Waals surface area contributed by atoms with Crippen molar-refractivity contribution in [3.63, 3.8) is 0 Å². The second-order valence-corrected chi connectivity index (χ2v) is 6.80. The van der Waals surface area contributed by atoms with Gasteiger partial charge in [-0.1, -0.05) is 11.6 Å². The van der Waals surface area contributed by atoms with Crippen molar-refractivity contribution in [2.75, 3.05) is 18.0 Å². The summed E-state index contributed by atoms with van der Waals surface area (Å²) in [6, 6.07) is 2.22. The van der Waals surface area contributed by atoms with Gasteiger partial charge < -0.3 is 10.2 Å². The van der Waals surface area contributed by atoms with Gasteiger partial charge in [-0.3, -0.25) is 4.98 Å². The molecule has 2 rings (SSSR count). The van der Waals surface area contributed by atoms with Gasteiger partial charge in [0.15, 0.2) is 0 Å². The Labute approximate surface area is 123 Å². The molecule has 0 saturated heterocycles. The third-order valence-corrected chi connectivity index (χ3v) is 3.68. The van der Waals surface area contributed by atoms with Crippen molar-refractivity contribution in [2.24, 2.45) is 0 Å². The van der Waals surface area contributed by atoms with Crippen molar-refractivity contribution >= 4 is 5.69 Å². The van der Waals surface area contributed by atoms with E-state index >= 15 is 0 Å². The molecule has 0 atom stereocenters. The number of hydrogen-bond donors (Lipinski definition) is 1. The van der Waals surface area contributed by atoms with Crippen molar-refractivity contribution in [3.8, 4) is 0 Å². The predicted octanol–water partition coefficient (Wildman–Crippen LogP) is 3.43. The molecule has 1 aromatic rings. The minimum atomic E-state index is 0.126. The van der Waals surface area contributed by atoms with E-state index in [4.69, 9.17) is 0 Å². The Morgan fingerprint density at radius 2 is 2.05 bits per heavy atom. The summed E-state index contributed by atoms with van der Waals surface area (Å²) < 4.78 is 0. The zero-order valence-corrected chi connectivity index (χ0v) is 13.5. The van der Waals surface area contributed by atoms with Crippen LogP contribution in [0, 0.1) is 6.92 Å². The number of nitrogens with one attached hydrogen (secondary N) is 1. The predicted molar refractivity (Wildman–Crippen MR) is 86.2 cm³/mol. The maximum Gasteiger partial charge on any atom is 0.0448 e. The number of anilines is 1. The van der Waals surface area contributed by atoms with Crippen LogP contribution in [0.4, 0.5) is 5.69 Å². The first kappa shape index (κ1) is 15.0. The standard InChI is InChI=1S/C17H27N3/c1-13-6-8-20(9-7-13)16-10-14(2)18-11-15(16)12-19-17(3,4)5/h6,10-11,19H,7-9,12H2,1-5H3. The van der Waals surface area contributed by atoms with Gasteiger partial charge in [0.05, 0.1) is 0 Å². The molecule has 0 amide bonds. The molecule has 3 heteroatoms. The number of hydrogen-bond acceptors (Lipinski definition) is 3. The normalized spacial score (nSPS) is 16.2. The fourth-order valence-corrected chi connectivity index (χ4v) is 2.35. The summed E-state index contributed by atoms with van der Waals surface area (Å²) in [5, 5.41) is 3.56. The van der Waals surface area contributed by atoms with Gasteiger partial charge in [0.1, 0.15) is 0 Å². The van der Waals surface area contributed by atoms with Gasteiger partial charge in [0.25, 0.3) is 0 Å². The first-order valence-corrected chi connectivity index (χ1v) is 7.46. The van der Waals surface area contributed by atoms with Gasteiger partial charge in [-0.05, 0) is 47.1 Å². The topological polar surface area (TPSA) is 28.2 Å². The summed E-state index contributed by atoms with van der Waals surface area (Å²) in [5.74, 6) is 0. The van der Waals surface area contributed by atoms with Crippen LogP contribution in [-0.2, 0) is 6.54 Å². The van der Waals surface area contributed by atoms with E-state index in [1.165, 1.54) is 16.8 Å². The lowest BCUT2D eigenvalue weighted by Gasteiger charge is -2.30. The lowest BCUT2D eigenvalue weighted by Crippen LogP contribution is -2.36. The van der Waals surface area contributed by atoms with Crippen molar-refractivity contribution < 1.29 is 0 Å².